The highest BCUT2D eigenvalue weighted by molar-refractivity contribution is 4.90. The van der Waals surface area contributed by atoms with Crippen LogP contribution in [0.25, 0.3) is 0 Å². The minimum absolute atomic E-state index is 0.267. The van der Waals surface area contributed by atoms with Crippen molar-refractivity contribution in [2.75, 3.05) is 19.7 Å². The first kappa shape index (κ1) is 8.66. The van der Waals surface area contributed by atoms with Gasteiger partial charge < -0.3 is 10.4 Å². The van der Waals surface area contributed by atoms with Gasteiger partial charge in [-0.25, -0.2) is 0 Å². The molecule has 0 aliphatic heterocycles. The van der Waals surface area contributed by atoms with Crippen molar-refractivity contribution in [1.29, 1.82) is 0 Å². The topological polar surface area (TPSA) is 32.3 Å². The smallest absolute Gasteiger partial charge is 0.0443 e. The summed E-state index contributed by atoms with van der Waals surface area (Å²) in [5, 5.41) is 11.5. The fraction of sp³-hybridized carbons (Fsp3) is 0.714. The van der Waals surface area contributed by atoms with Gasteiger partial charge in [0.1, 0.15) is 0 Å². The first-order chi connectivity index (χ1) is 4.27. The summed E-state index contributed by atoms with van der Waals surface area (Å²) in [6.45, 7) is 7.71. The summed E-state index contributed by atoms with van der Waals surface area (Å²) in [6, 6.07) is 0. The molecule has 0 aliphatic carbocycles. The molecule has 2 nitrogen and oxygen atoms in total. The van der Waals surface area contributed by atoms with Crippen LogP contribution in [0, 0.1) is 0 Å². The van der Waals surface area contributed by atoms with E-state index >= 15 is 0 Å². The largest absolute Gasteiger partial charge is 0.396 e. The minimum Gasteiger partial charge on any atom is -0.396 e. The van der Waals surface area contributed by atoms with Crippen molar-refractivity contribution >= 4 is 0 Å². The van der Waals surface area contributed by atoms with E-state index in [0.29, 0.717) is 0 Å². The Balaban J connectivity index is 2.83. The van der Waals surface area contributed by atoms with Crippen molar-refractivity contribution in [3.63, 3.8) is 0 Å². The lowest BCUT2D eigenvalue weighted by Gasteiger charge is -2.00. The predicted octanol–water partition coefficient (Wildman–Crippen LogP) is 0.534. The predicted molar refractivity (Wildman–Crippen MR) is 39.4 cm³/mol. The van der Waals surface area contributed by atoms with Gasteiger partial charge in [-0.05, 0) is 19.9 Å². The van der Waals surface area contributed by atoms with E-state index in [9.17, 15) is 0 Å². The Bertz CT molecular complexity index is 81.0. The summed E-state index contributed by atoms with van der Waals surface area (Å²) in [4.78, 5) is 0. The molecule has 0 spiro atoms. The Hall–Kier alpha value is -0.340. The summed E-state index contributed by atoms with van der Waals surface area (Å²) in [5.41, 5.74) is 1.13. The van der Waals surface area contributed by atoms with E-state index < -0.39 is 0 Å². The number of hydrogen-bond donors (Lipinski definition) is 2. The molecule has 54 valence electrons. The zero-order valence-electron chi connectivity index (χ0n) is 5.98. The third kappa shape index (κ3) is 7.66. The first-order valence-electron chi connectivity index (χ1n) is 3.23. The van der Waals surface area contributed by atoms with Crippen LogP contribution in [-0.2, 0) is 0 Å². The number of aliphatic hydroxyl groups excluding tert-OH is 1. The molecule has 0 atom stereocenters. The van der Waals surface area contributed by atoms with Crippen LogP contribution in [0.1, 0.15) is 13.3 Å². The SMILES string of the molecule is C=C(C)CNCCCO. The van der Waals surface area contributed by atoms with Gasteiger partial charge in [-0.1, -0.05) is 12.2 Å². The third-order valence-corrected chi connectivity index (χ3v) is 0.938. The lowest BCUT2D eigenvalue weighted by molar-refractivity contribution is 0.287. The van der Waals surface area contributed by atoms with Crippen LogP contribution >= 0.6 is 0 Å². The van der Waals surface area contributed by atoms with Crippen LogP contribution in [0.15, 0.2) is 12.2 Å². The molecular formula is C7H15NO. The van der Waals surface area contributed by atoms with Crippen molar-refractivity contribution < 1.29 is 5.11 Å². The monoisotopic (exact) mass is 129 g/mol. The Labute approximate surface area is 56.6 Å². The van der Waals surface area contributed by atoms with Gasteiger partial charge in [0, 0.05) is 13.2 Å². The zero-order chi connectivity index (χ0) is 7.11. The Morgan fingerprint density at radius 3 is 2.78 bits per heavy atom. The van der Waals surface area contributed by atoms with Crippen LogP contribution in [0.4, 0.5) is 0 Å². The average Bonchev–Trinajstić information content (AvgIpc) is 1.80. The van der Waals surface area contributed by atoms with Crippen LogP contribution in [-0.4, -0.2) is 24.8 Å². The Kier molecular flexibility index (Phi) is 5.57. The third-order valence-electron chi connectivity index (χ3n) is 0.938. The van der Waals surface area contributed by atoms with E-state index in [2.05, 4.69) is 11.9 Å². The standard InChI is InChI=1S/C7H15NO/c1-7(2)6-8-4-3-5-9/h8-9H,1,3-6H2,2H3. The molecule has 0 aromatic rings. The maximum Gasteiger partial charge on any atom is 0.0443 e. The second kappa shape index (κ2) is 5.79. The molecular weight excluding hydrogens is 114 g/mol. The van der Waals surface area contributed by atoms with Gasteiger partial charge in [-0.2, -0.15) is 0 Å². The summed E-state index contributed by atoms with van der Waals surface area (Å²) in [6.07, 6.45) is 0.827. The molecule has 0 fully saturated rings. The second-order valence-corrected chi connectivity index (χ2v) is 2.21. The number of hydrogen-bond acceptors (Lipinski definition) is 2. The average molecular weight is 129 g/mol. The van der Waals surface area contributed by atoms with E-state index in [1.54, 1.807) is 0 Å². The Morgan fingerprint density at radius 1 is 1.67 bits per heavy atom. The fourth-order valence-corrected chi connectivity index (χ4v) is 0.506. The molecule has 9 heavy (non-hydrogen) atoms. The molecule has 0 bridgehead atoms. The van der Waals surface area contributed by atoms with Gasteiger partial charge in [0.05, 0.1) is 0 Å². The Morgan fingerprint density at radius 2 is 2.33 bits per heavy atom. The van der Waals surface area contributed by atoms with E-state index in [-0.39, 0.29) is 6.61 Å². The van der Waals surface area contributed by atoms with Crippen molar-refractivity contribution in [2.45, 2.75) is 13.3 Å². The quantitative estimate of drug-likeness (QED) is 0.419. The lowest BCUT2D eigenvalue weighted by Crippen LogP contribution is -2.17. The zero-order valence-corrected chi connectivity index (χ0v) is 5.98. The van der Waals surface area contributed by atoms with Crippen molar-refractivity contribution in [1.82, 2.24) is 5.32 Å². The summed E-state index contributed by atoms with van der Waals surface area (Å²) in [5.74, 6) is 0. The lowest BCUT2D eigenvalue weighted by atomic mass is 10.3. The van der Waals surface area contributed by atoms with Crippen molar-refractivity contribution in [3.05, 3.63) is 12.2 Å². The molecule has 0 aliphatic rings. The fourth-order valence-electron chi connectivity index (χ4n) is 0.506. The maximum atomic E-state index is 8.37. The molecule has 0 heterocycles. The molecule has 0 unspecified atom stereocenters. The normalized spacial score (nSPS) is 9.56. The van der Waals surface area contributed by atoms with E-state index in [1.165, 1.54) is 0 Å². The molecule has 2 heteroatoms. The molecule has 0 saturated heterocycles. The molecule has 0 saturated carbocycles. The van der Waals surface area contributed by atoms with Crippen molar-refractivity contribution in [3.8, 4) is 0 Å². The summed E-state index contributed by atoms with van der Waals surface area (Å²) < 4.78 is 0. The van der Waals surface area contributed by atoms with Gasteiger partial charge >= 0.3 is 0 Å². The van der Waals surface area contributed by atoms with E-state index in [0.717, 1.165) is 25.1 Å². The van der Waals surface area contributed by atoms with Crippen LogP contribution < -0.4 is 5.32 Å². The molecule has 0 rings (SSSR count). The summed E-state index contributed by atoms with van der Waals surface area (Å²) in [7, 11) is 0. The molecule has 0 radical (unpaired) electrons. The van der Waals surface area contributed by atoms with Gasteiger partial charge in [-0.3, -0.25) is 0 Å². The highest BCUT2D eigenvalue weighted by atomic mass is 16.3. The molecule has 0 amide bonds. The van der Waals surface area contributed by atoms with Gasteiger partial charge in [0.15, 0.2) is 0 Å². The number of nitrogens with one attached hydrogen (secondary N) is 1. The molecule has 0 aromatic carbocycles. The highest BCUT2D eigenvalue weighted by Crippen LogP contribution is 1.81. The molecule has 2 N–H and O–H groups in total. The van der Waals surface area contributed by atoms with Crippen LogP contribution in [0.3, 0.4) is 0 Å². The number of rotatable bonds is 5. The second-order valence-electron chi connectivity index (χ2n) is 2.21. The van der Waals surface area contributed by atoms with Crippen LogP contribution in [0.2, 0.25) is 0 Å². The van der Waals surface area contributed by atoms with E-state index in [1.807, 2.05) is 6.92 Å². The minimum atomic E-state index is 0.267. The van der Waals surface area contributed by atoms with Gasteiger partial charge in [0.25, 0.3) is 0 Å². The van der Waals surface area contributed by atoms with E-state index in [4.69, 9.17) is 5.11 Å². The van der Waals surface area contributed by atoms with Gasteiger partial charge in [0.2, 0.25) is 0 Å². The highest BCUT2D eigenvalue weighted by Gasteiger charge is 1.84. The summed E-state index contributed by atoms with van der Waals surface area (Å²) >= 11 is 0. The maximum absolute atomic E-state index is 8.37. The molecule has 0 aromatic heterocycles. The van der Waals surface area contributed by atoms with Crippen molar-refractivity contribution in [2.24, 2.45) is 0 Å². The van der Waals surface area contributed by atoms with Crippen LogP contribution in [0.5, 0.6) is 0 Å². The first-order valence-corrected chi connectivity index (χ1v) is 3.23. The number of aliphatic hydroxyl groups is 1. The van der Waals surface area contributed by atoms with Gasteiger partial charge in [-0.15, -0.1) is 0 Å².